The van der Waals surface area contributed by atoms with Crippen LogP contribution in [-0.2, 0) is 4.74 Å². The van der Waals surface area contributed by atoms with Crippen LogP contribution in [-0.4, -0.2) is 18.1 Å². The number of hydrogen-bond donors (Lipinski definition) is 1. The van der Waals surface area contributed by atoms with Gasteiger partial charge in [0.15, 0.2) is 5.82 Å². The van der Waals surface area contributed by atoms with Crippen molar-refractivity contribution in [2.45, 2.75) is 0 Å². The second kappa shape index (κ2) is 3.96. The van der Waals surface area contributed by atoms with Crippen LogP contribution >= 0.6 is 11.6 Å². The number of fused-ring (bicyclic) bond motifs is 3. The molecule has 0 atom stereocenters. The van der Waals surface area contributed by atoms with Crippen molar-refractivity contribution in [1.29, 1.82) is 0 Å². The molecule has 1 N–H and O–H groups in total. The number of ether oxygens (including phenoxy) is 1. The lowest BCUT2D eigenvalue weighted by molar-refractivity contribution is 0.149. The van der Waals surface area contributed by atoms with Gasteiger partial charge in [-0.25, -0.2) is 9.69 Å². The average molecular weight is 264 g/mol. The van der Waals surface area contributed by atoms with Crippen LogP contribution < -0.4 is 10.2 Å². The topological polar surface area (TPSA) is 44.8 Å². The van der Waals surface area contributed by atoms with Crippen LogP contribution in [0.25, 0.3) is 0 Å². The summed E-state index contributed by atoms with van der Waals surface area (Å²) in [4.78, 5) is 14.8. The SMILES string of the molecule is COC(=O)N1C=CN2C1=C(Cl)Nc1ccccc12. The second-order valence-corrected chi connectivity index (χ2v) is 4.17. The van der Waals surface area contributed by atoms with Crippen LogP contribution in [0.15, 0.2) is 47.6 Å². The maximum absolute atomic E-state index is 11.6. The summed E-state index contributed by atoms with van der Waals surface area (Å²) < 4.78 is 4.71. The van der Waals surface area contributed by atoms with Crippen LogP contribution in [0.1, 0.15) is 0 Å². The fraction of sp³-hybridized carbons (Fsp3) is 0.0833. The first-order valence-electron chi connectivity index (χ1n) is 5.33. The zero-order chi connectivity index (χ0) is 12.7. The van der Waals surface area contributed by atoms with E-state index in [0.29, 0.717) is 11.0 Å². The number of methoxy groups -OCH3 is 1. The molecule has 1 amide bonds. The van der Waals surface area contributed by atoms with E-state index in [-0.39, 0.29) is 0 Å². The van der Waals surface area contributed by atoms with Crippen molar-refractivity contribution in [3.05, 3.63) is 47.6 Å². The summed E-state index contributed by atoms with van der Waals surface area (Å²) in [5.74, 6) is 0.544. The first-order valence-corrected chi connectivity index (χ1v) is 5.70. The Bertz CT molecular complexity index is 582. The van der Waals surface area contributed by atoms with E-state index in [2.05, 4.69) is 5.32 Å². The van der Waals surface area contributed by atoms with Crippen molar-refractivity contribution in [1.82, 2.24) is 4.90 Å². The molecule has 0 saturated carbocycles. The molecule has 92 valence electrons. The average Bonchev–Trinajstić information content (AvgIpc) is 2.83. The van der Waals surface area contributed by atoms with Crippen LogP contribution in [0.4, 0.5) is 16.2 Å². The van der Waals surface area contributed by atoms with Crippen LogP contribution in [0.3, 0.4) is 0 Å². The number of benzene rings is 1. The molecule has 0 fully saturated rings. The minimum absolute atomic E-state index is 0.379. The Morgan fingerprint density at radius 2 is 2.11 bits per heavy atom. The third-order valence-electron chi connectivity index (χ3n) is 2.80. The number of nitrogens with zero attached hydrogens (tertiary/aromatic N) is 2. The lowest BCUT2D eigenvalue weighted by atomic mass is 10.2. The zero-order valence-corrected chi connectivity index (χ0v) is 10.3. The molecule has 0 unspecified atom stereocenters. The first-order chi connectivity index (χ1) is 8.72. The summed E-state index contributed by atoms with van der Waals surface area (Å²) in [7, 11) is 1.33. The van der Waals surface area contributed by atoms with E-state index in [1.807, 2.05) is 29.2 Å². The highest BCUT2D eigenvalue weighted by molar-refractivity contribution is 6.32. The summed E-state index contributed by atoms with van der Waals surface area (Å²) in [6.45, 7) is 0. The molecule has 0 aromatic heterocycles. The normalized spacial score (nSPS) is 16.3. The van der Waals surface area contributed by atoms with Gasteiger partial charge in [0.2, 0.25) is 0 Å². The lowest BCUT2D eigenvalue weighted by Crippen LogP contribution is -2.32. The number of para-hydroxylation sites is 2. The molecule has 0 bridgehead atoms. The van der Waals surface area contributed by atoms with E-state index in [0.717, 1.165) is 11.4 Å². The molecule has 0 spiro atoms. The third kappa shape index (κ3) is 1.44. The van der Waals surface area contributed by atoms with Crippen molar-refractivity contribution in [2.24, 2.45) is 0 Å². The van der Waals surface area contributed by atoms with Gasteiger partial charge in [-0.1, -0.05) is 23.7 Å². The fourth-order valence-corrected chi connectivity index (χ4v) is 2.29. The summed E-state index contributed by atoms with van der Waals surface area (Å²) in [6, 6.07) is 7.70. The number of halogens is 1. The summed E-state index contributed by atoms with van der Waals surface area (Å²) in [5.41, 5.74) is 1.82. The van der Waals surface area contributed by atoms with Gasteiger partial charge in [-0.05, 0) is 12.1 Å². The molecule has 2 aliphatic heterocycles. The van der Waals surface area contributed by atoms with Gasteiger partial charge in [-0.3, -0.25) is 4.90 Å². The van der Waals surface area contributed by atoms with Gasteiger partial charge in [0, 0.05) is 12.4 Å². The van der Waals surface area contributed by atoms with Crippen molar-refractivity contribution in [3.8, 4) is 0 Å². The largest absolute Gasteiger partial charge is 0.452 e. The number of amides is 1. The molecule has 0 saturated heterocycles. The maximum atomic E-state index is 11.6. The first kappa shape index (κ1) is 11.0. The number of anilines is 2. The number of nitrogens with one attached hydrogen (secondary N) is 1. The Balaban J connectivity index is 2.07. The highest BCUT2D eigenvalue weighted by Crippen LogP contribution is 2.40. The van der Waals surface area contributed by atoms with E-state index in [9.17, 15) is 4.79 Å². The van der Waals surface area contributed by atoms with Gasteiger partial charge in [0.25, 0.3) is 0 Å². The molecule has 3 rings (SSSR count). The van der Waals surface area contributed by atoms with Gasteiger partial charge in [0.05, 0.1) is 18.5 Å². The van der Waals surface area contributed by atoms with E-state index in [4.69, 9.17) is 16.3 Å². The van der Waals surface area contributed by atoms with E-state index in [1.165, 1.54) is 12.0 Å². The molecule has 1 aromatic carbocycles. The highest BCUT2D eigenvalue weighted by atomic mass is 35.5. The van der Waals surface area contributed by atoms with E-state index in [1.54, 1.807) is 12.4 Å². The Morgan fingerprint density at radius 3 is 2.89 bits per heavy atom. The number of rotatable bonds is 0. The molecule has 18 heavy (non-hydrogen) atoms. The van der Waals surface area contributed by atoms with E-state index < -0.39 is 6.09 Å². The molecule has 2 heterocycles. The maximum Gasteiger partial charge on any atom is 0.419 e. The molecular weight excluding hydrogens is 254 g/mol. The Hall–Kier alpha value is -2.14. The van der Waals surface area contributed by atoms with Gasteiger partial charge >= 0.3 is 6.09 Å². The molecule has 2 aliphatic rings. The standard InChI is InChI=1S/C12H10ClN3O2/c1-18-12(17)16-7-6-15-9-5-3-2-4-8(9)14-10(13)11(15)16/h2-7,14H,1H3. The van der Waals surface area contributed by atoms with Gasteiger partial charge < -0.3 is 10.1 Å². The molecule has 1 aromatic rings. The van der Waals surface area contributed by atoms with Crippen LogP contribution in [0.2, 0.25) is 0 Å². The number of carbonyl (C=O) groups excluding carboxylic acids is 1. The molecule has 0 radical (unpaired) electrons. The van der Waals surface area contributed by atoms with Crippen LogP contribution in [0.5, 0.6) is 0 Å². The Kier molecular flexibility index (Phi) is 2.41. The summed E-state index contributed by atoms with van der Waals surface area (Å²) in [6.07, 6.45) is 2.91. The predicted octanol–water partition coefficient (Wildman–Crippen LogP) is 2.84. The van der Waals surface area contributed by atoms with Crippen molar-refractivity contribution in [2.75, 3.05) is 17.3 Å². The highest BCUT2D eigenvalue weighted by Gasteiger charge is 2.33. The van der Waals surface area contributed by atoms with Gasteiger partial charge in [-0.15, -0.1) is 0 Å². The van der Waals surface area contributed by atoms with E-state index >= 15 is 0 Å². The van der Waals surface area contributed by atoms with Crippen molar-refractivity contribution < 1.29 is 9.53 Å². The van der Waals surface area contributed by atoms with Gasteiger partial charge in [-0.2, -0.15) is 0 Å². The minimum Gasteiger partial charge on any atom is -0.452 e. The Morgan fingerprint density at radius 1 is 1.33 bits per heavy atom. The second-order valence-electron chi connectivity index (χ2n) is 3.79. The monoisotopic (exact) mass is 263 g/mol. The van der Waals surface area contributed by atoms with Crippen molar-refractivity contribution in [3.63, 3.8) is 0 Å². The number of hydrogen-bond acceptors (Lipinski definition) is 4. The third-order valence-corrected chi connectivity index (χ3v) is 3.06. The summed E-state index contributed by atoms with van der Waals surface area (Å²) >= 11 is 6.18. The predicted molar refractivity (Wildman–Crippen MR) is 68.8 cm³/mol. The molecule has 0 aliphatic carbocycles. The Labute approximate surface area is 109 Å². The minimum atomic E-state index is -0.483. The fourth-order valence-electron chi connectivity index (χ4n) is 2.01. The van der Waals surface area contributed by atoms with Gasteiger partial charge in [0.1, 0.15) is 5.16 Å². The quantitative estimate of drug-likeness (QED) is 0.731. The lowest BCUT2D eigenvalue weighted by Gasteiger charge is -2.30. The number of carbonyl (C=O) groups is 1. The molecule has 6 heteroatoms. The van der Waals surface area contributed by atoms with Crippen LogP contribution in [0, 0.1) is 0 Å². The van der Waals surface area contributed by atoms with Crippen molar-refractivity contribution >= 4 is 29.1 Å². The molecule has 5 nitrogen and oxygen atoms in total. The molecular formula is C12H10ClN3O2. The smallest absolute Gasteiger partial charge is 0.419 e. The summed E-state index contributed by atoms with van der Waals surface area (Å²) in [5, 5.41) is 3.43. The zero-order valence-electron chi connectivity index (χ0n) is 9.55.